The Hall–Kier alpha value is -1.48. The van der Waals surface area contributed by atoms with Crippen molar-refractivity contribution >= 4 is 11.8 Å². The van der Waals surface area contributed by atoms with Crippen LogP contribution in [0.5, 0.6) is 0 Å². The van der Waals surface area contributed by atoms with Crippen molar-refractivity contribution in [3.8, 4) is 0 Å². The first-order valence-corrected chi connectivity index (χ1v) is 8.37. The van der Waals surface area contributed by atoms with Crippen molar-refractivity contribution in [3.63, 3.8) is 0 Å². The minimum Gasteiger partial charge on any atom is -0.395 e. The zero-order chi connectivity index (χ0) is 17.7. The average Bonchev–Trinajstić information content (AvgIpc) is 3.04. The number of hydrogen-bond acceptors (Lipinski definition) is 5. The van der Waals surface area contributed by atoms with Crippen LogP contribution < -0.4 is 0 Å². The van der Waals surface area contributed by atoms with E-state index in [9.17, 15) is 24.1 Å². The molecule has 24 heavy (non-hydrogen) atoms. The third-order valence-electron chi connectivity index (χ3n) is 3.84. The number of aromatic nitrogens is 2. The Labute approximate surface area is 142 Å². The molecule has 5 nitrogen and oxygen atoms in total. The number of nitrogens with zero attached hydrogens (tertiary/aromatic N) is 2. The fourth-order valence-corrected chi connectivity index (χ4v) is 3.64. The van der Waals surface area contributed by atoms with Crippen LogP contribution in [0.15, 0.2) is 36.7 Å². The lowest BCUT2D eigenvalue weighted by atomic mass is 9.90. The number of thioether (sulfide) groups is 1. The number of aliphatic hydroxyl groups excluding tert-OH is 2. The van der Waals surface area contributed by atoms with E-state index in [4.69, 9.17) is 0 Å². The summed E-state index contributed by atoms with van der Waals surface area (Å²) in [6.45, 7) is 1.04. The maximum Gasteiger partial charge on any atom is 0.132 e. The van der Waals surface area contributed by atoms with E-state index in [0.29, 0.717) is 0 Å². The molecule has 1 aromatic heterocycles. The van der Waals surface area contributed by atoms with E-state index in [1.807, 2.05) is 0 Å². The summed E-state index contributed by atoms with van der Waals surface area (Å²) in [4.78, 5) is 0. The molecule has 2 aromatic rings. The van der Waals surface area contributed by atoms with Gasteiger partial charge in [-0.2, -0.15) is 5.10 Å². The zero-order valence-electron chi connectivity index (χ0n) is 13.1. The Balaban J connectivity index is 2.40. The van der Waals surface area contributed by atoms with Gasteiger partial charge in [0, 0.05) is 29.3 Å². The molecular formula is C16H20F2N2O3S. The van der Waals surface area contributed by atoms with Crippen molar-refractivity contribution in [1.29, 1.82) is 0 Å². The monoisotopic (exact) mass is 358 g/mol. The predicted octanol–water partition coefficient (Wildman–Crippen LogP) is 1.52. The van der Waals surface area contributed by atoms with Gasteiger partial charge in [0.1, 0.15) is 17.2 Å². The molecule has 0 bridgehead atoms. The Bertz CT molecular complexity index is 653. The van der Waals surface area contributed by atoms with Crippen LogP contribution in [0.25, 0.3) is 0 Å². The summed E-state index contributed by atoms with van der Waals surface area (Å²) in [5.74, 6) is -1.59. The first-order chi connectivity index (χ1) is 11.4. The van der Waals surface area contributed by atoms with Crippen molar-refractivity contribution in [2.75, 3.05) is 13.2 Å². The minimum atomic E-state index is -1.71. The van der Waals surface area contributed by atoms with Gasteiger partial charge >= 0.3 is 0 Å². The van der Waals surface area contributed by atoms with E-state index in [-0.39, 0.29) is 25.3 Å². The zero-order valence-corrected chi connectivity index (χ0v) is 14.0. The van der Waals surface area contributed by atoms with Crippen LogP contribution in [0.2, 0.25) is 0 Å². The summed E-state index contributed by atoms with van der Waals surface area (Å²) in [5, 5.41) is 32.6. The summed E-state index contributed by atoms with van der Waals surface area (Å²) in [7, 11) is 0. The van der Waals surface area contributed by atoms with Gasteiger partial charge in [0.25, 0.3) is 0 Å². The lowest BCUT2D eigenvalue weighted by Gasteiger charge is -2.35. The number of halogens is 2. The van der Waals surface area contributed by atoms with E-state index < -0.39 is 27.7 Å². The fraction of sp³-hybridized carbons (Fsp3) is 0.438. The van der Waals surface area contributed by atoms with Gasteiger partial charge in [0.05, 0.1) is 25.0 Å². The molecule has 0 aliphatic heterocycles. The molecule has 0 saturated heterocycles. The van der Waals surface area contributed by atoms with Crippen LogP contribution in [0.4, 0.5) is 8.78 Å². The lowest BCUT2D eigenvalue weighted by molar-refractivity contribution is 0.0131. The molecule has 8 heteroatoms. The van der Waals surface area contributed by atoms with Gasteiger partial charge in [-0.05, 0) is 12.1 Å². The van der Waals surface area contributed by atoms with E-state index >= 15 is 0 Å². The Morgan fingerprint density at radius 2 is 2.00 bits per heavy atom. The largest absolute Gasteiger partial charge is 0.395 e. The van der Waals surface area contributed by atoms with Gasteiger partial charge in [-0.15, -0.1) is 11.8 Å². The van der Waals surface area contributed by atoms with E-state index in [1.54, 1.807) is 19.2 Å². The highest BCUT2D eigenvalue weighted by Crippen LogP contribution is 2.37. The summed E-state index contributed by atoms with van der Waals surface area (Å²) >= 11 is 1.13. The Morgan fingerprint density at radius 1 is 1.29 bits per heavy atom. The molecule has 1 heterocycles. The summed E-state index contributed by atoms with van der Waals surface area (Å²) < 4.78 is 29.0. The maximum absolute atomic E-state index is 14.3. The summed E-state index contributed by atoms with van der Waals surface area (Å²) in [6.07, 6.45) is 3.16. The van der Waals surface area contributed by atoms with Crippen LogP contribution in [0.3, 0.4) is 0 Å². The number of hydrogen-bond donors (Lipinski definition) is 3. The SMILES string of the molecule is C[C@@H](SC(CO)CO)[C@](O)(Cn1cccn1)c1ccc(F)cc1F. The van der Waals surface area contributed by atoms with Crippen LogP contribution in [-0.4, -0.2) is 48.8 Å². The second-order valence-electron chi connectivity index (χ2n) is 5.52. The Kier molecular flexibility index (Phi) is 6.34. The van der Waals surface area contributed by atoms with Gasteiger partial charge in [-0.1, -0.05) is 13.0 Å². The number of rotatable bonds is 8. The lowest BCUT2D eigenvalue weighted by Crippen LogP contribution is -2.42. The molecule has 2 rings (SSSR count). The van der Waals surface area contributed by atoms with Crippen LogP contribution in [0, 0.1) is 11.6 Å². The number of benzene rings is 1. The molecule has 0 fully saturated rings. The van der Waals surface area contributed by atoms with Crippen molar-refractivity contribution < 1.29 is 24.1 Å². The van der Waals surface area contributed by atoms with Crippen LogP contribution in [-0.2, 0) is 12.1 Å². The minimum absolute atomic E-state index is 0.0553. The van der Waals surface area contributed by atoms with E-state index in [0.717, 1.165) is 23.9 Å². The van der Waals surface area contributed by atoms with Crippen molar-refractivity contribution in [2.24, 2.45) is 0 Å². The maximum atomic E-state index is 14.3. The van der Waals surface area contributed by atoms with Crippen LogP contribution in [0.1, 0.15) is 12.5 Å². The topological polar surface area (TPSA) is 78.5 Å². The average molecular weight is 358 g/mol. The Morgan fingerprint density at radius 3 is 2.54 bits per heavy atom. The molecule has 0 spiro atoms. The molecule has 0 radical (unpaired) electrons. The third kappa shape index (κ3) is 4.13. The highest BCUT2D eigenvalue weighted by Gasteiger charge is 2.40. The standard InChI is InChI=1S/C16H20F2N2O3S/c1-11(24-13(8-21)9-22)16(23,10-20-6-2-5-19-20)14-4-3-12(17)7-15(14)18/h2-7,11,13,21-23H,8-10H2,1H3/t11-,16-/m1/s1. The van der Waals surface area contributed by atoms with E-state index in [2.05, 4.69) is 5.10 Å². The highest BCUT2D eigenvalue weighted by molar-refractivity contribution is 8.00. The van der Waals surface area contributed by atoms with Gasteiger partial charge in [0.15, 0.2) is 0 Å². The molecule has 3 N–H and O–H groups in total. The van der Waals surface area contributed by atoms with Gasteiger partial charge in [-0.3, -0.25) is 4.68 Å². The second kappa shape index (κ2) is 8.06. The molecule has 0 unspecified atom stereocenters. The molecule has 0 saturated carbocycles. The molecule has 2 atom stereocenters. The molecule has 1 aromatic carbocycles. The predicted molar refractivity (Wildman–Crippen MR) is 87.5 cm³/mol. The first kappa shape index (κ1) is 18.9. The first-order valence-electron chi connectivity index (χ1n) is 7.43. The second-order valence-corrected chi connectivity index (χ2v) is 7.16. The van der Waals surface area contributed by atoms with Crippen molar-refractivity contribution in [2.45, 2.75) is 29.6 Å². The molecule has 0 aliphatic carbocycles. The summed E-state index contributed by atoms with van der Waals surface area (Å²) in [5.41, 5.74) is -1.77. The van der Waals surface area contributed by atoms with Gasteiger partial charge in [-0.25, -0.2) is 8.78 Å². The highest BCUT2D eigenvalue weighted by atomic mass is 32.2. The third-order valence-corrected chi connectivity index (χ3v) is 5.32. The van der Waals surface area contributed by atoms with Crippen molar-refractivity contribution in [3.05, 3.63) is 53.9 Å². The van der Waals surface area contributed by atoms with Crippen molar-refractivity contribution in [1.82, 2.24) is 9.78 Å². The van der Waals surface area contributed by atoms with Gasteiger partial charge < -0.3 is 15.3 Å². The van der Waals surface area contributed by atoms with Crippen LogP contribution >= 0.6 is 11.8 Å². The van der Waals surface area contributed by atoms with E-state index in [1.165, 1.54) is 16.9 Å². The summed E-state index contributed by atoms with van der Waals surface area (Å²) in [6, 6.07) is 4.68. The molecule has 0 amide bonds. The van der Waals surface area contributed by atoms with Gasteiger partial charge in [0.2, 0.25) is 0 Å². The number of aliphatic hydroxyl groups is 3. The quantitative estimate of drug-likeness (QED) is 0.667. The smallest absolute Gasteiger partial charge is 0.132 e. The molecule has 132 valence electrons. The fourth-order valence-electron chi connectivity index (χ4n) is 2.46. The molecular weight excluding hydrogens is 338 g/mol. The molecule has 0 aliphatic rings. The normalized spacial score (nSPS) is 15.5.